The molecule has 0 radical (unpaired) electrons. The zero-order valence-electron chi connectivity index (χ0n) is 18.5. The first kappa shape index (κ1) is 22.0. The highest BCUT2D eigenvalue weighted by Crippen LogP contribution is 2.25. The highest BCUT2D eigenvalue weighted by molar-refractivity contribution is 5.90. The van der Waals surface area contributed by atoms with Crippen molar-refractivity contribution in [2.45, 2.75) is 27.4 Å². The first-order chi connectivity index (χ1) is 15.8. The Kier molecular flexibility index (Phi) is 6.09. The van der Waals surface area contributed by atoms with Crippen LogP contribution in [0.2, 0.25) is 0 Å². The largest absolute Gasteiger partial charge is 0.457 e. The van der Waals surface area contributed by atoms with E-state index in [1.54, 1.807) is 24.3 Å². The fourth-order valence-corrected chi connectivity index (χ4v) is 3.55. The number of benzene rings is 3. The maximum absolute atomic E-state index is 12.6. The summed E-state index contributed by atoms with van der Waals surface area (Å²) in [6.07, 6.45) is 0. The molecule has 0 aliphatic rings. The van der Waals surface area contributed by atoms with E-state index < -0.39 is 11.6 Å². The van der Waals surface area contributed by atoms with E-state index in [1.807, 2.05) is 50.2 Å². The molecule has 4 aromatic rings. The van der Waals surface area contributed by atoms with Crippen molar-refractivity contribution >= 4 is 22.9 Å². The predicted molar refractivity (Wildman–Crippen MR) is 124 cm³/mol. The molecule has 1 aromatic heterocycles. The third-order valence-corrected chi connectivity index (χ3v) is 5.45. The van der Waals surface area contributed by atoms with Gasteiger partial charge in [0.05, 0.1) is 5.56 Å². The molecule has 0 amide bonds. The van der Waals surface area contributed by atoms with Gasteiger partial charge in [0.25, 0.3) is 0 Å². The third kappa shape index (κ3) is 4.85. The van der Waals surface area contributed by atoms with Crippen molar-refractivity contribution in [3.63, 3.8) is 0 Å². The smallest absolute Gasteiger partial charge is 0.338 e. The zero-order valence-corrected chi connectivity index (χ0v) is 18.5. The number of rotatable bonds is 5. The molecule has 1 heterocycles. The summed E-state index contributed by atoms with van der Waals surface area (Å²) >= 11 is 0. The Balaban J connectivity index is 1.48. The molecule has 0 atom stereocenters. The molecule has 6 nitrogen and oxygen atoms in total. The van der Waals surface area contributed by atoms with E-state index in [9.17, 15) is 14.4 Å². The van der Waals surface area contributed by atoms with Crippen molar-refractivity contribution in [3.8, 4) is 16.9 Å². The Hall–Kier alpha value is -4.19. The molecule has 0 fully saturated rings. The monoisotopic (exact) mass is 442 g/mol. The van der Waals surface area contributed by atoms with Crippen molar-refractivity contribution in [2.24, 2.45) is 0 Å². The molecule has 33 heavy (non-hydrogen) atoms. The fraction of sp³-hybridized carbons (Fsp3) is 0.148. The fourth-order valence-electron chi connectivity index (χ4n) is 3.55. The minimum atomic E-state index is -0.489. The topological polar surface area (TPSA) is 82.8 Å². The maximum Gasteiger partial charge on any atom is 0.338 e. The second-order valence-corrected chi connectivity index (χ2v) is 7.75. The van der Waals surface area contributed by atoms with Crippen LogP contribution in [0, 0.1) is 13.8 Å². The normalized spacial score (nSPS) is 10.8. The van der Waals surface area contributed by atoms with Crippen molar-refractivity contribution in [2.75, 3.05) is 0 Å². The molecule has 0 saturated heterocycles. The number of hydrogen-bond donors (Lipinski definition) is 0. The number of carbonyl (C=O) groups excluding carboxylic acids is 2. The lowest BCUT2D eigenvalue weighted by Crippen LogP contribution is -2.08. The summed E-state index contributed by atoms with van der Waals surface area (Å²) in [5, 5.41) is 0.748. The quantitative estimate of drug-likeness (QED) is 0.235. The molecule has 0 N–H and O–H groups in total. The van der Waals surface area contributed by atoms with Gasteiger partial charge in [0.15, 0.2) is 0 Å². The summed E-state index contributed by atoms with van der Waals surface area (Å²) in [5.41, 5.74) is 4.74. The van der Waals surface area contributed by atoms with Gasteiger partial charge in [-0.2, -0.15) is 0 Å². The van der Waals surface area contributed by atoms with E-state index in [0.29, 0.717) is 22.5 Å². The molecule has 0 bridgehead atoms. The zero-order chi connectivity index (χ0) is 23.5. The van der Waals surface area contributed by atoms with Crippen LogP contribution < -0.4 is 10.4 Å². The highest BCUT2D eigenvalue weighted by Gasteiger charge is 2.13. The van der Waals surface area contributed by atoms with Crippen LogP contribution >= 0.6 is 0 Å². The Morgan fingerprint density at radius 1 is 0.879 bits per heavy atom. The van der Waals surface area contributed by atoms with Crippen molar-refractivity contribution in [3.05, 3.63) is 99.4 Å². The Morgan fingerprint density at radius 3 is 2.15 bits per heavy atom. The second kappa shape index (κ2) is 9.12. The summed E-state index contributed by atoms with van der Waals surface area (Å²) in [6, 6.07) is 19.3. The maximum atomic E-state index is 12.6. The van der Waals surface area contributed by atoms with Crippen LogP contribution in [0.25, 0.3) is 22.1 Å². The predicted octanol–water partition coefficient (Wildman–Crippen LogP) is 5.36. The van der Waals surface area contributed by atoms with Crippen LogP contribution in [0.4, 0.5) is 0 Å². The average molecular weight is 442 g/mol. The van der Waals surface area contributed by atoms with Gasteiger partial charge in [-0.25, -0.2) is 9.59 Å². The second-order valence-electron chi connectivity index (χ2n) is 7.75. The lowest BCUT2D eigenvalue weighted by atomic mass is 10.0. The van der Waals surface area contributed by atoms with Gasteiger partial charge in [0, 0.05) is 23.9 Å². The number of esters is 2. The molecule has 3 aromatic carbocycles. The number of ether oxygens (including phenoxy) is 2. The van der Waals surface area contributed by atoms with Crippen molar-refractivity contribution < 1.29 is 23.5 Å². The Labute approximate surface area is 190 Å². The molecule has 0 aliphatic carbocycles. The molecule has 6 heteroatoms. The van der Waals surface area contributed by atoms with E-state index in [0.717, 1.165) is 27.6 Å². The van der Waals surface area contributed by atoms with Crippen molar-refractivity contribution in [1.29, 1.82) is 0 Å². The van der Waals surface area contributed by atoms with Crippen molar-refractivity contribution in [1.82, 2.24) is 0 Å². The summed E-state index contributed by atoms with van der Waals surface area (Å²) < 4.78 is 15.9. The molecule has 0 unspecified atom stereocenters. The van der Waals surface area contributed by atoms with Gasteiger partial charge in [-0.05, 0) is 60.4 Å². The Bertz CT molecular complexity index is 1400. The standard InChI is InChI=1S/C27H22O6/c1-16-4-13-24-22(14-25(29)33-26(24)17(16)2)15-31-27(30)21-7-5-19(6-8-21)20-9-11-23(12-10-20)32-18(3)28/h4-14H,15H2,1-3H3. The number of fused-ring (bicyclic) bond motifs is 1. The molecule has 166 valence electrons. The molecule has 4 rings (SSSR count). The highest BCUT2D eigenvalue weighted by atomic mass is 16.5. The van der Waals surface area contributed by atoms with Gasteiger partial charge in [-0.1, -0.05) is 36.4 Å². The molecular weight excluding hydrogens is 420 g/mol. The number of carbonyl (C=O) groups is 2. The van der Waals surface area contributed by atoms with Crippen LogP contribution in [0.5, 0.6) is 5.75 Å². The summed E-state index contributed by atoms with van der Waals surface area (Å²) in [5.74, 6) is -0.392. The summed E-state index contributed by atoms with van der Waals surface area (Å²) in [4.78, 5) is 35.6. The molecule has 0 saturated carbocycles. The SMILES string of the molecule is CC(=O)Oc1ccc(-c2ccc(C(=O)OCc3cc(=O)oc4c(C)c(C)ccc34)cc2)cc1. The third-order valence-electron chi connectivity index (χ3n) is 5.45. The van der Waals surface area contributed by atoms with E-state index in [-0.39, 0.29) is 12.6 Å². The molecular formula is C27H22O6. The van der Waals surface area contributed by atoms with Crippen LogP contribution in [0.1, 0.15) is 34.0 Å². The lowest BCUT2D eigenvalue weighted by Gasteiger charge is -2.10. The first-order valence-electron chi connectivity index (χ1n) is 10.4. The number of aryl methyl sites for hydroxylation is 2. The van der Waals surface area contributed by atoms with Gasteiger partial charge in [0.1, 0.15) is 17.9 Å². The van der Waals surface area contributed by atoms with E-state index >= 15 is 0 Å². The molecule has 0 spiro atoms. The van der Waals surface area contributed by atoms with Crippen LogP contribution in [0.15, 0.2) is 75.9 Å². The van der Waals surface area contributed by atoms with Gasteiger partial charge in [0.2, 0.25) is 0 Å². The molecule has 0 aliphatic heterocycles. The van der Waals surface area contributed by atoms with Crippen LogP contribution in [-0.4, -0.2) is 11.9 Å². The first-order valence-corrected chi connectivity index (χ1v) is 10.4. The summed E-state index contributed by atoms with van der Waals surface area (Å²) in [6.45, 7) is 5.15. The van der Waals surface area contributed by atoms with Crippen LogP contribution in [-0.2, 0) is 16.1 Å². The van der Waals surface area contributed by atoms with Gasteiger partial charge < -0.3 is 13.9 Å². The minimum Gasteiger partial charge on any atom is -0.457 e. The van der Waals surface area contributed by atoms with E-state index in [1.165, 1.54) is 13.0 Å². The van der Waals surface area contributed by atoms with Gasteiger partial charge >= 0.3 is 17.6 Å². The Morgan fingerprint density at radius 2 is 1.52 bits per heavy atom. The van der Waals surface area contributed by atoms with E-state index in [4.69, 9.17) is 13.9 Å². The summed E-state index contributed by atoms with van der Waals surface area (Å²) in [7, 11) is 0. The average Bonchev–Trinajstić information content (AvgIpc) is 2.80. The minimum absolute atomic E-state index is 0.0389. The number of hydrogen-bond acceptors (Lipinski definition) is 6. The van der Waals surface area contributed by atoms with Gasteiger partial charge in [-0.3, -0.25) is 4.79 Å². The van der Waals surface area contributed by atoms with Gasteiger partial charge in [-0.15, -0.1) is 0 Å². The van der Waals surface area contributed by atoms with E-state index in [2.05, 4.69) is 0 Å². The lowest BCUT2D eigenvalue weighted by molar-refractivity contribution is -0.131. The van der Waals surface area contributed by atoms with Crippen LogP contribution in [0.3, 0.4) is 0 Å².